The Bertz CT molecular complexity index is 570. The summed E-state index contributed by atoms with van der Waals surface area (Å²) in [5.74, 6) is -0.635. The standard InChI is InChI=1S/C20H29NO4/c1-21(2)17-13-24-14-18(17)25-19(22)20(23,15-9-5-3-6-10-15)16-11-7-4-8-12-16/h3,5-6,9-10,16-18,23H,4,7-8,11-14H2,1-2H3. The molecule has 1 aliphatic heterocycles. The fourth-order valence-corrected chi connectivity index (χ4v) is 4.08. The Morgan fingerprint density at radius 3 is 2.48 bits per heavy atom. The summed E-state index contributed by atoms with van der Waals surface area (Å²) in [4.78, 5) is 15.1. The molecule has 0 bridgehead atoms. The monoisotopic (exact) mass is 347 g/mol. The SMILES string of the molecule is CN(C)C1COCC1OC(=O)C(O)(c1ccccc1)C1CCCCC1. The van der Waals surface area contributed by atoms with Gasteiger partial charge in [-0.3, -0.25) is 0 Å². The van der Waals surface area contributed by atoms with Gasteiger partial charge in [-0.05, 0) is 32.5 Å². The third-order valence-electron chi connectivity index (χ3n) is 5.64. The average Bonchev–Trinajstić information content (AvgIpc) is 3.11. The van der Waals surface area contributed by atoms with E-state index < -0.39 is 11.6 Å². The van der Waals surface area contributed by atoms with Crippen LogP contribution < -0.4 is 0 Å². The van der Waals surface area contributed by atoms with Crippen molar-refractivity contribution in [2.45, 2.75) is 49.9 Å². The van der Waals surface area contributed by atoms with Crippen LogP contribution in [0.3, 0.4) is 0 Å². The number of hydrogen-bond acceptors (Lipinski definition) is 5. The molecule has 1 saturated carbocycles. The lowest BCUT2D eigenvalue weighted by molar-refractivity contribution is -0.182. The van der Waals surface area contributed by atoms with E-state index >= 15 is 0 Å². The van der Waals surface area contributed by atoms with Gasteiger partial charge in [-0.1, -0.05) is 49.6 Å². The summed E-state index contributed by atoms with van der Waals surface area (Å²) in [6.45, 7) is 0.919. The fraction of sp³-hybridized carbons (Fsp3) is 0.650. The molecular formula is C20H29NO4. The van der Waals surface area contributed by atoms with Crippen LogP contribution in [0.1, 0.15) is 37.7 Å². The van der Waals surface area contributed by atoms with Crippen LogP contribution in [-0.2, 0) is 19.9 Å². The Morgan fingerprint density at radius 2 is 1.84 bits per heavy atom. The molecule has 1 aliphatic carbocycles. The molecule has 1 aromatic rings. The van der Waals surface area contributed by atoms with Crippen LogP contribution in [0.4, 0.5) is 0 Å². The molecule has 2 aliphatic rings. The van der Waals surface area contributed by atoms with Crippen molar-refractivity contribution < 1.29 is 19.4 Å². The van der Waals surface area contributed by atoms with Crippen molar-refractivity contribution in [3.8, 4) is 0 Å². The van der Waals surface area contributed by atoms with Crippen molar-refractivity contribution in [1.82, 2.24) is 4.90 Å². The van der Waals surface area contributed by atoms with Gasteiger partial charge >= 0.3 is 5.97 Å². The minimum Gasteiger partial charge on any atom is -0.456 e. The van der Waals surface area contributed by atoms with Gasteiger partial charge in [0.1, 0.15) is 6.10 Å². The molecule has 3 rings (SSSR count). The van der Waals surface area contributed by atoms with Crippen LogP contribution >= 0.6 is 0 Å². The van der Waals surface area contributed by atoms with Crippen LogP contribution in [0.15, 0.2) is 30.3 Å². The molecule has 138 valence electrons. The maximum atomic E-state index is 13.1. The Labute approximate surface area is 149 Å². The molecular weight excluding hydrogens is 318 g/mol. The molecule has 3 unspecified atom stereocenters. The molecule has 1 N–H and O–H groups in total. The zero-order chi connectivity index (χ0) is 17.9. The summed E-state index contributed by atoms with van der Waals surface area (Å²) in [5.41, 5.74) is -0.951. The Balaban J connectivity index is 1.85. The average molecular weight is 347 g/mol. The Hall–Kier alpha value is -1.43. The van der Waals surface area contributed by atoms with E-state index in [4.69, 9.17) is 9.47 Å². The molecule has 2 fully saturated rings. The Morgan fingerprint density at radius 1 is 1.16 bits per heavy atom. The minimum absolute atomic E-state index is 0.0235. The third-order valence-corrected chi connectivity index (χ3v) is 5.64. The fourth-order valence-electron chi connectivity index (χ4n) is 4.08. The zero-order valence-corrected chi connectivity index (χ0v) is 15.2. The number of ether oxygens (including phenoxy) is 2. The van der Waals surface area contributed by atoms with Gasteiger partial charge in [-0.25, -0.2) is 4.79 Å². The number of nitrogens with zero attached hydrogens (tertiary/aromatic N) is 1. The number of esters is 1. The summed E-state index contributed by atoms with van der Waals surface area (Å²) in [5, 5.41) is 11.5. The second-order valence-electron chi connectivity index (χ2n) is 7.48. The summed E-state index contributed by atoms with van der Waals surface area (Å²) >= 11 is 0. The van der Waals surface area contributed by atoms with E-state index in [1.54, 1.807) is 0 Å². The number of hydrogen-bond donors (Lipinski definition) is 1. The maximum absolute atomic E-state index is 13.1. The minimum atomic E-state index is -1.58. The zero-order valence-electron chi connectivity index (χ0n) is 15.2. The predicted molar refractivity (Wildman–Crippen MR) is 95.1 cm³/mol. The maximum Gasteiger partial charge on any atom is 0.343 e. The molecule has 0 aromatic heterocycles. The van der Waals surface area contributed by atoms with Crippen molar-refractivity contribution in [2.75, 3.05) is 27.3 Å². The van der Waals surface area contributed by atoms with E-state index in [2.05, 4.69) is 0 Å². The summed E-state index contributed by atoms with van der Waals surface area (Å²) in [6, 6.07) is 9.28. The van der Waals surface area contributed by atoms with Crippen molar-refractivity contribution in [3.63, 3.8) is 0 Å². The molecule has 1 saturated heterocycles. The van der Waals surface area contributed by atoms with Gasteiger partial charge in [-0.15, -0.1) is 0 Å². The van der Waals surface area contributed by atoms with Gasteiger partial charge in [0.25, 0.3) is 0 Å². The summed E-state index contributed by atoms with van der Waals surface area (Å²) in [7, 11) is 3.90. The van der Waals surface area contributed by atoms with E-state index in [9.17, 15) is 9.90 Å². The van der Waals surface area contributed by atoms with E-state index in [1.807, 2.05) is 49.3 Å². The largest absolute Gasteiger partial charge is 0.456 e. The molecule has 5 heteroatoms. The van der Waals surface area contributed by atoms with Crippen molar-refractivity contribution in [1.29, 1.82) is 0 Å². The van der Waals surface area contributed by atoms with Crippen LogP contribution in [0.25, 0.3) is 0 Å². The van der Waals surface area contributed by atoms with Gasteiger partial charge in [0.2, 0.25) is 0 Å². The lowest BCUT2D eigenvalue weighted by atomic mass is 9.73. The molecule has 5 nitrogen and oxygen atoms in total. The lowest BCUT2D eigenvalue weighted by Gasteiger charge is -2.38. The number of aliphatic hydroxyl groups is 1. The molecule has 1 aromatic carbocycles. The molecule has 0 spiro atoms. The van der Waals surface area contributed by atoms with Gasteiger partial charge in [0, 0.05) is 5.92 Å². The molecule has 3 atom stereocenters. The summed E-state index contributed by atoms with van der Waals surface area (Å²) < 4.78 is 11.3. The van der Waals surface area contributed by atoms with Gasteiger partial charge in [0.15, 0.2) is 5.60 Å². The molecule has 0 amide bonds. The van der Waals surface area contributed by atoms with Crippen molar-refractivity contribution >= 4 is 5.97 Å². The third kappa shape index (κ3) is 3.73. The first kappa shape index (κ1) is 18.4. The van der Waals surface area contributed by atoms with Gasteiger partial charge in [0.05, 0.1) is 19.3 Å². The highest BCUT2D eigenvalue weighted by Crippen LogP contribution is 2.40. The van der Waals surface area contributed by atoms with Crippen LogP contribution in [-0.4, -0.2) is 55.4 Å². The van der Waals surface area contributed by atoms with Crippen molar-refractivity contribution in [2.24, 2.45) is 5.92 Å². The second kappa shape index (κ2) is 7.85. The van der Waals surface area contributed by atoms with E-state index in [1.165, 1.54) is 0 Å². The first-order chi connectivity index (χ1) is 12.0. The smallest absolute Gasteiger partial charge is 0.343 e. The topological polar surface area (TPSA) is 59.0 Å². The highest BCUT2D eigenvalue weighted by molar-refractivity contribution is 5.81. The molecule has 25 heavy (non-hydrogen) atoms. The van der Waals surface area contributed by atoms with E-state index in [0.717, 1.165) is 32.1 Å². The number of carbonyl (C=O) groups is 1. The highest BCUT2D eigenvalue weighted by atomic mass is 16.6. The van der Waals surface area contributed by atoms with Gasteiger partial charge < -0.3 is 19.5 Å². The quantitative estimate of drug-likeness (QED) is 0.829. The van der Waals surface area contributed by atoms with Crippen LogP contribution in [0.5, 0.6) is 0 Å². The molecule has 0 radical (unpaired) electrons. The Kier molecular flexibility index (Phi) is 5.77. The number of likely N-dealkylation sites (N-methyl/N-ethyl adjacent to an activating group) is 1. The predicted octanol–water partition coefficient (Wildman–Crippen LogP) is 2.33. The van der Waals surface area contributed by atoms with E-state index in [-0.39, 0.29) is 18.1 Å². The first-order valence-corrected chi connectivity index (χ1v) is 9.26. The van der Waals surface area contributed by atoms with Crippen molar-refractivity contribution in [3.05, 3.63) is 35.9 Å². The summed E-state index contributed by atoms with van der Waals surface area (Å²) in [6.07, 6.45) is 4.59. The normalized spacial score (nSPS) is 27.2. The van der Waals surface area contributed by atoms with Crippen LogP contribution in [0.2, 0.25) is 0 Å². The number of rotatable bonds is 5. The first-order valence-electron chi connectivity index (χ1n) is 9.26. The van der Waals surface area contributed by atoms with Crippen LogP contribution in [0, 0.1) is 5.92 Å². The number of benzene rings is 1. The van der Waals surface area contributed by atoms with Gasteiger partial charge in [-0.2, -0.15) is 0 Å². The van der Waals surface area contributed by atoms with E-state index in [0.29, 0.717) is 18.8 Å². The number of carbonyl (C=O) groups excluding carboxylic acids is 1. The highest BCUT2D eigenvalue weighted by Gasteiger charge is 2.49. The lowest BCUT2D eigenvalue weighted by Crippen LogP contribution is -2.49. The molecule has 1 heterocycles. The second-order valence-corrected chi connectivity index (χ2v) is 7.48.